The fraction of sp³-hybridized carbons (Fsp3) is 0.167. The Morgan fingerprint density at radius 3 is 2.56 bits per heavy atom. The van der Waals surface area contributed by atoms with Crippen molar-refractivity contribution in [3.05, 3.63) is 55.7 Å². The van der Waals surface area contributed by atoms with E-state index in [1.807, 2.05) is 12.1 Å². The van der Waals surface area contributed by atoms with E-state index in [-0.39, 0.29) is 4.83 Å². The van der Waals surface area contributed by atoms with Crippen LogP contribution in [0.15, 0.2) is 29.6 Å². The highest BCUT2D eigenvalue weighted by atomic mass is 79.9. The van der Waals surface area contributed by atoms with Crippen molar-refractivity contribution in [1.29, 1.82) is 0 Å². The number of alkyl halides is 1. The van der Waals surface area contributed by atoms with Crippen LogP contribution in [0.1, 0.15) is 20.8 Å². The SMILES string of the molecule is Cc1ccsc1C(Br)c1ccc(Cl)cc1Cl. The second-order valence-corrected chi connectivity index (χ2v) is 6.20. The van der Waals surface area contributed by atoms with Crippen molar-refractivity contribution in [2.75, 3.05) is 0 Å². The Kier molecular flexibility index (Phi) is 3.96. The van der Waals surface area contributed by atoms with Gasteiger partial charge >= 0.3 is 0 Å². The molecule has 0 saturated carbocycles. The molecule has 0 aliphatic heterocycles. The van der Waals surface area contributed by atoms with E-state index in [2.05, 4.69) is 34.3 Å². The quantitative estimate of drug-likeness (QED) is 0.604. The first-order chi connectivity index (χ1) is 7.59. The Labute approximate surface area is 117 Å². The molecule has 0 aliphatic rings. The zero-order valence-electron chi connectivity index (χ0n) is 8.51. The summed E-state index contributed by atoms with van der Waals surface area (Å²) in [5.74, 6) is 0. The van der Waals surface area contributed by atoms with Gasteiger partial charge in [0, 0.05) is 14.9 Å². The van der Waals surface area contributed by atoms with E-state index in [4.69, 9.17) is 23.2 Å². The number of rotatable bonds is 2. The minimum absolute atomic E-state index is 0.136. The Hall–Kier alpha value is -0.0200. The van der Waals surface area contributed by atoms with Gasteiger partial charge in [0.05, 0.1) is 4.83 Å². The molecule has 1 aromatic heterocycles. The summed E-state index contributed by atoms with van der Waals surface area (Å²) in [6.07, 6.45) is 0. The first-order valence-electron chi connectivity index (χ1n) is 4.72. The van der Waals surface area contributed by atoms with Crippen molar-refractivity contribution in [2.45, 2.75) is 11.8 Å². The molecular formula is C12H9BrCl2S. The average molecular weight is 336 g/mol. The van der Waals surface area contributed by atoms with Crippen molar-refractivity contribution in [3.63, 3.8) is 0 Å². The highest BCUT2D eigenvalue weighted by Gasteiger charge is 2.16. The fourth-order valence-corrected chi connectivity index (χ4v) is 4.14. The minimum Gasteiger partial charge on any atom is -0.147 e. The molecule has 0 N–H and O–H groups in total. The van der Waals surface area contributed by atoms with Crippen LogP contribution in [0.4, 0.5) is 0 Å². The second-order valence-electron chi connectivity index (χ2n) is 3.50. The average Bonchev–Trinajstić information content (AvgIpc) is 2.63. The summed E-state index contributed by atoms with van der Waals surface area (Å²) < 4.78 is 0. The molecule has 84 valence electrons. The first-order valence-corrected chi connectivity index (χ1v) is 7.27. The summed E-state index contributed by atoms with van der Waals surface area (Å²) in [6, 6.07) is 7.71. The molecule has 0 amide bonds. The molecule has 0 spiro atoms. The molecule has 16 heavy (non-hydrogen) atoms. The molecule has 1 unspecified atom stereocenters. The minimum atomic E-state index is 0.136. The van der Waals surface area contributed by atoms with E-state index in [0.717, 1.165) is 5.56 Å². The molecule has 0 fully saturated rings. The summed E-state index contributed by atoms with van der Waals surface area (Å²) in [6.45, 7) is 2.10. The molecule has 0 radical (unpaired) electrons. The van der Waals surface area contributed by atoms with Gasteiger partial charge < -0.3 is 0 Å². The third-order valence-electron chi connectivity index (χ3n) is 2.37. The normalized spacial score (nSPS) is 12.8. The maximum atomic E-state index is 6.18. The van der Waals surface area contributed by atoms with E-state index in [0.29, 0.717) is 10.0 Å². The van der Waals surface area contributed by atoms with Crippen molar-refractivity contribution in [3.8, 4) is 0 Å². The Morgan fingerprint density at radius 2 is 2.00 bits per heavy atom. The number of hydrogen-bond acceptors (Lipinski definition) is 1. The van der Waals surface area contributed by atoms with E-state index in [1.165, 1.54) is 10.4 Å². The van der Waals surface area contributed by atoms with Crippen LogP contribution >= 0.6 is 50.5 Å². The highest BCUT2D eigenvalue weighted by molar-refractivity contribution is 9.09. The third kappa shape index (κ3) is 2.45. The molecule has 2 rings (SSSR count). The largest absolute Gasteiger partial charge is 0.147 e. The lowest BCUT2D eigenvalue weighted by Crippen LogP contribution is -1.92. The number of aryl methyl sites for hydroxylation is 1. The zero-order valence-corrected chi connectivity index (χ0v) is 12.4. The topological polar surface area (TPSA) is 0 Å². The van der Waals surface area contributed by atoms with Gasteiger partial charge in [-0.05, 0) is 41.6 Å². The van der Waals surface area contributed by atoms with Crippen LogP contribution in [0.2, 0.25) is 10.0 Å². The molecule has 1 heterocycles. The predicted octanol–water partition coefficient (Wildman–Crippen LogP) is 5.85. The Balaban J connectivity index is 2.41. The maximum absolute atomic E-state index is 6.18. The van der Waals surface area contributed by atoms with Crippen LogP contribution in [-0.2, 0) is 0 Å². The first kappa shape index (κ1) is 12.4. The molecule has 4 heteroatoms. The van der Waals surface area contributed by atoms with Gasteiger partial charge in [-0.3, -0.25) is 0 Å². The summed E-state index contributed by atoms with van der Waals surface area (Å²) in [7, 11) is 0. The number of thiophene rings is 1. The van der Waals surface area contributed by atoms with E-state index < -0.39 is 0 Å². The van der Waals surface area contributed by atoms with Crippen molar-refractivity contribution in [1.82, 2.24) is 0 Å². The molecule has 1 atom stereocenters. The third-order valence-corrected chi connectivity index (χ3v) is 5.27. The van der Waals surface area contributed by atoms with E-state index >= 15 is 0 Å². The lowest BCUT2D eigenvalue weighted by atomic mass is 10.1. The van der Waals surface area contributed by atoms with Gasteiger partial charge in [-0.15, -0.1) is 11.3 Å². The maximum Gasteiger partial charge on any atom is 0.0755 e. The number of benzene rings is 1. The highest BCUT2D eigenvalue weighted by Crippen LogP contribution is 2.39. The van der Waals surface area contributed by atoms with Crippen molar-refractivity contribution < 1.29 is 0 Å². The summed E-state index contributed by atoms with van der Waals surface area (Å²) in [5, 5.41) is 3.45. The predicted molar refractivity (Wildman–Crippen MR) is 76.3 cm³/mol. The van der Waals surface area contributed by atoms with Crippen LogP contribution in [-0.4, -0.2) is 0 Å². The Bertz CT molecular complexity index is 507. The molecule has 2 aromatic rings. The zero-order chi connectivity index (χ0) is 11.7. The molecule has 0 nitrogen and oxygen atoms in total. The fourth-order valence-electron chi connectivity index (χ4n) is 1.49. The smallest absolute Gasteiger partial charge is 0.0755 e. The van der Waals surface area contributed by atoms with Crippen LogP contribution in [0.25, 0.3) is 0 Å². The lowest BCUT2D eigenvalue weighted by Gasteiger charge is -2.11. The van der Waals surface area contributed by atoms with E-state index in [9.17, 15) is 0 Å². The van der Waals surface area contributed by atoms with Crippen molar-refractivity contribution >= 4 is 50.5 Å². The van der Waals surface area contributed by atoms with Crippen LogP contribution in [0.3, 0.4) is 0 Å². The standard InChI is InChI=1S/C12H9BrCl2S/c1-7-4-5-16-12(7)11(13)9-3-2-8(14)6-10(9)15/h2-6,11H,1H3. The molecular weight excluding hydrogens is 327 g/mol. The van der Waals surface area contributed by atoms with Gasteiger partial charge in [0.25, 0.3) is 0 Å². The number of halogens is 3. The molecule has 0 saturated heterocycles. The Morgan fingerprint density at radius 1 is 1.25 bits per heavy atom. The van der Waals surface area contributed by atoms with Crippen LogP contribution in [0, 0.1) is 6.92 Å². The monoisotopic (exact) mass is 334 g/mol. The second kappa shape index (κ2) is 5.09. The van der Waals surface area contributed by atoms with Gasteiger partial charge in [0.1, 0.15) is 0 Å². The van der Waals surface area contributed by atoms with Crippen LogP contribution in [0.5, 0.6) is 0 Å². The molecule has 0 aliphatic carbocycles. The van der Waals surface area contributed by atoms with Gasteiger partial charge in [0.15, 0.2) is 0 Å². The number of hydrogen-bond donors (Lipinski definition) is 0. The van der Waals surface area contributed by atoms with Crippen molar-refractivity contribution in [2.24, 2.45) is 0 Å². The summed E-state index contributed by atoms with van der Waals surface area (Å²) >= 11 is 17.5. The van der Waals surface area contributed by atoms with E-state index in [1.54, 1.807) is 17.4 Å². The molecule has 0 bridgehead atoms. The lowest BCUT2D eigenvalue weighted by molar-refractivity contribution is 1.20. The molecule has 1 aromatic carbocycles. The van der Waals surface area contributed by atoms with Gasteiger partial charge in [-0.1, -0.05) is 45.2 Å². The summed E-state index contributed by atoms with van der Waals surface area (Å²) in [5.41, 5.74) is 2.33. The summed E-state index contributed by atoms with van der Waals surface area (Å²) in [4.78, 5) is 1.42. The van der Waals surface area contributed by atoms with Gasteiger partial charge in [-0.25, -0.2) is 0 Å². The van der Waals surface area contributed by atoms with Crippen LogP contribution < -0.4 is 0 Å². The van der Waals surface area contributed by atoms with Gasteiger partial charge in [-0.2, -0.15) is 0 Å². The van der Waals surface area contributed by atoms with Gasteiger partial charge in [0.2, 0.25) is 0 Å².